The molecule has 0 saturated carbocycles. The summed E-state index contributed by atoms with van der Waals surface area (Å²) in [6, 6.07) is 13.4. The van der Waals surface area contributed by atoms with Crippen molar-refractivity contribution < 1.29 is 9.53 Å². The lowest BCUT2D eigenvalue weighted by molar-refractivity contribution is 0.0963. The zero-order valence-electron chi connectivity index (χ0n) is 13.5. The maximum Gasteiger partial charge on any atom is 0.251 e. The predicted octanol–water partition coefficient (Wildman–Crippen LogP) is 4.92. The van der Waals surface area contributed by atoms with Gasteiger partial charge in [-0.3, -0.25) is 4.79 Å². The van der Waals surface area contributed by atoms with Crippen LogP contribution >= 0.6 is 11.3 Å². The van der Waals surface area contributed by atoms with E-state index in [1.807, 2.05) is 29.5 Å². The van der Waals surface area contributed by atoms with Gasteiger partial charge < -0.3 is 10.1 Å². The van der Waals surface area contributed by atoms with Crippen molar-refractivity contribution >= 4 is 27.3 Å². The first-order valence-corrected chi connectivity index (χ1v) is 8.46. The molecular formula is C19H19NO2S. The van der Waals surface area contributed by atoms with Crippen LogP contribution in [0.15, 0.2) is 42.5 Å². The summed E-state index contributed by atoms with van der Waals surface area (Å²) in [4.78, 5) is 13.1. The second-order valence-corrected chi connectivity index (χ2v) is 6.51. The minimum Gasteiger partial charge on any atom is -0.457 e. The molecule has 0 aliphatic carbocycles. The first-order chi connectivity index (χ1) is 11.1. The van der Waals surface area contributed by atoms with E-state index in [9.17, 15) is 4.79 Å². The summed E-state index contributed by atoms with van der Waals surface area (Å²) in [7, 11) is 1.62. The molecule has 1 heterocycles. The molecular weight excluding hydrogens is 306 g/mol. The first kappa shape index (κ1) is 15.6. The number of rotatable bonds is 4. The Morgan fingerprint density at radius 3 is 2.70 bits per heavy atom. The Bertz CT molecular complexity index is 867. The number of fused-ring (bicyclic) bond motifs is 1. The van der Waals surface area contributed by atoms with E-state index in [0.29, 0.717) is 11.3 Å². The molecule has 3 rings (SSSR count). The van der Waals surface area contributed by atoms with E-state index in [-0.39, 0.29) is 5.91 Å². The minimum absolute atomic E-state index is 0.118. The van der Waals surface area contributed by atoms with Crippen molar-refractivity contribution in [2.75, 3.05) is 7.05 Å². The van der Waals surface area contributed by atoms with Crippen LogP contribution in [0, 0.1) is 6.92 Å². The van der Waals surface area contributed by atoms with Crippen molar-refractivity contribution in [2.24, 2.45) is 0 Å². The van der Waals surface area contributed by atoms with Crippen molar-refractivity contribution in [2.45, 2.75) is 20.3 Å². The van der Waals surface area contributed by atoms with Crippen LogP contribution in [0.4, 0.5) is 0 Å². The number of thiophene rings is 1. The van der Waals surface area contributed by atoms with Crippen molar-refractivity contribution in [1.82, 2.24) is 5.32 Å². The molecule has 2 aromatic carbocycles. The van der Waals surface area contributed by atoms with E-state index in [2.05, 4.69) is 31.3 Å². The SMILES string of the molecule is CCc1sc2cc(Oc3cccc(C(=O)NC)c3)ccc2c1C. The third-order valence-electron chi connectivity index (χ3n) is 3.89. The van der Waals surface area contributed by atoms with Gasteiger partial charge in [-0.15, -0.1) is 11.3 Å². The smallest absolute Gasteiger partial charge is 0.251 e. The molecule has 4 heteroatoms. The van der Waals surface area contributed by atoms with Gasteiger partial charge in [-0.1, -0.05) is 13.0 Å². The fourth-order valence-corrected chi connectivity index (χ4v) is 3.82. The number of aryl methyl sites for hydroxylation is 2. The molecule has 0 saturated heterocycles. The van der Waals surface area contributed by atoms with Gasteiger partial charge in [0, 0.05) is 22.2 Å². The van der Waals surface area contributed by atoms with Crippen molar-refractivity contribution in [3.8, 4) is 11.5 Å². The molecule has 3 nitrogen and oxygen atoms in total. The maximum atomic E-state index is 11.7. The predicted molar refractivity (Wildman–Crippen MR) is 95.8 cm³/mol. The Labute approximate surface area is 139 Å². The Morgan fingerprint density at radius 2 is 1.96 bits per heavy atom. The molecule has 0 aliphatic rings. The van der Waals surface area contributed by atoms with Crippen molar-refractivity contribution in [1.29, 1.82) is 0 Å². The summed E-state index contributed by atoms with van der Waals surface area (Å²) in [5.74, 6) is 1.33. The van der Waals surface area contributed by atoms with Crippen LogP contribution in [0.3, 0.4) is 0 Å². The third-order valence-corrected chi connectivity index (χ3v) is 5.29. The number of carbonyl (C=O) groups is 1. The van der Waals surface area contributed by atoms with Gasteiger partial charge >= 0.3 is 0 Å². The van der Waals surface area contributed by atoms with Crippen molar-refractivity contribution in [3.63, 3.8) is 0 Å². The highest BCUT2D eigenvalue weighted by Gasteiger charge is 2.09. The summed E-state index contributed by atoms with van der Waals surface area (Å²) < 4.78 is 7.17. The van der Waals surface area contributed by atoms with Crippen LogP contribution in [0.25, 0.3) is 10.1 Å². The minimum atomic E-state index is -0.118. The molecule has 0 atom stereocenters. The second kappa shape index (κ2) is 6.42. The van der Waals surface area contributed by atoms with Gasteiger partial charge in [0.25, 0.3) is 5.91 Å². The number of amides is 1. The fourth-order valence-electron chi connectivity index (χ4n) is 2.64. The van der Waals surface area contributed by atoms with E-state index < -0.39 is 0 Å². The maximum absolute atomic E-state index is 11.7. The topological polar surface area (TPSA) is 38.3 Å². The molecule has 0 radical (unpaired) electrons. The van der Waals surface area contributed by atoms with E-state index >= 15 is 0 Å². The Hall–Kier alpha value is -2.33. The van der Waals surface area contributed by atoms with E-state index in [1.165, 1.54) is 20.5 Å². The van der Waals surface area contributed by atoms with Gasteiger partial charge in [0.15, 0.2) is 0 Å². The second-order valence-electron chi connectivity index (χ2n) is 5.37. The summed E-state index contributed by atoms with van der Waals surface area (Å²) >= 11 is 1.82. The highest BCUT2D eigenvalue weighted by Crippen LogP contribution is 2.34. The van der Waals surface area contributed by atoms with Crippen LogP contribution in [0.5, 0.6) is 11.5 Å². The molecule has 0 bridgehead atoms. The number of ether oxygens (including phenoxy) is 1. The molecule has 0 spiro atoms. The van der Waals surface area contributed by atoms with Crippen LogP contribution < -0.4 is 10.1 Å². The first-order valence-electron chi connectivity index (χ1n) is 7.64. The largest absolute Gasteiger partial charge is 0.457 e. The molecule has 1 aromatic heterocycles. The normalized spacial score (nSPS) is 10.7. The average Bonchev–Trinajstić information content (AvgIpc) is 2.90. The lowest BCUT2D eigenvalue weighted by Crippen LogP contribution is -2.17. The van der Waals surface area contributed by atoms with Gasteiger partial charge in [0.1, 0.15) is 11.5 Å². The zero-order valence-corrected chi connectivity index (χ0v) is 14.3. The standard InChI is InChI=1S/C19H19NO2S/c1-4-17-12(2)16-9-8-15(11-18(16)23-17)22-14-7-5-6-13(10-14)19(21)20-3/h5-11H,4H2,1-3H3,(H,20,21). The van der Waals surface area contributed by atoms with E-state index in [4.69, 9.17) is 4.74 Å². The summed E-state index contributed by atoms with van der Waals surface area (Å²) in [6.45, 7) is 4.35. The molecule has 3 aromatic rings. The van der Waals surface area contributed by atoms with Gasteiger partial charge in [-0.05, 0) is 60.7 Å². The molecule has 0 unspecified atom stereocenters. The van der Waals surface area contributed by atoms with Crippen LogP contribution in [-0.4, -0.2) is 13.0 Å². The van der Waals surface area contributed by atoms with Gasteiger partial charge in [-0.25, -0.2) is 0 Å². The molecule has 0 fully saturated rings. The monoisotopic (exact) mass is 325 g/mol. The van der Waals surface area contributed by atoms with Crippen LogP contribution in [0.2, 0.25) is 0 Å². The molecule has 1 amide bonds. The molecule has 118 valence electrons. The average molecular weight is 325 g/mol. The Balaban J connectivity index is 1.91. The quantitative estimate of drug-likeness (QED) is 0.739. The zero-order chi connectivity index (χ0) is 16.4. The molecule has 0 aliphatic heterocycles. The number of benzene rings is 2. The third kappa shape index (κ3) is 3.08. The highest BCUT2D eigenvalue weighted by atomic mass is 32.1. The Morgan fingerprint density at radius 1 is 1.17 bits per heavy atom. The summed E-state index contributed by atoms with van der Waals surface area (Å²) in [5, 5.41) is 3.91. The van der Waals surface area contributed by atoms with Gasteiger partial charge in [-0.2, -0.15) is 0 Å². The number of hydrogen-bond donors (Lipinski definition) is 1. The highest BCUT2D eigenvalue weighted by molar-refractivity contribution is 7.19. The fraction of sp³-hybridized carbons (Fsp3) is 0.211. The van der Waals surface area contributed by atoms with E-state index in [1.54, 1.807) is 19.2 Å². The van der Waals surface area contributed by atoms with Gasteiger partial charge in [0.05, 0.1) is 0 Å². The number of hydrogen-bond acceptors (Lipinski definition) is 3. The number of carbonyl (C=O) groups excluding carboxylic acids is 1. The van der Waals surface area contributed by atoms with Gasteiger partial charge in [0.2, 0.25) is 0 Å². The Kier molecular flexibility index (Phi) is 4.35. The summed E-state index contributed by atoms with van der Waals surface area (Å²) in [6.07, 6.45) is 1.05. The molecule has 23 heavy (non-hydrogen) atoms. The summed E-state index contributed by atoms with van der Waals surface area (Å²) in [5.41, 5.74) is 1.95. The molecule has 1 N–H and O–H groups in total. The lowest BCUT2D eigenvalue weighted by Gasteiger charge is -2.07. The van der Waals surface area contributed by atoms with E-state index in [0.717, 1.165) is 12.2 Å². The lowest BCUT2D eigenvalue weighted by atomic mass is 10.1. The van der Waals surface area contributed by atoms with Crippen LogP contribution in [-0.2, 0) is 6.42 Å². The number of nitrogens with one attached hydrogen (secondary N) is 1. The van der Waals surface area contributed by atoms with Crippen LogP contribution in [0.1, 0.15) is 27.7 Å². The van der Waals surface area contributed by atoms with Crippen molar-refractivity contribution in [3.05, 3.63) is 58.5 Å².